The molecule has 1 heterocycles. The fourth-order valence-corrected chi connectivity index (χ4v) is 1.62. The van der Waals surface area contributed by atoms with Crippen LogP contribution in [0.1, 0.15) is 19.4 Å². The molecule has 78 valence electrons. The number of rotatable bonds is 2. The molecule has 0 amide bonds. The Kier molecular flexibility index (Phi) is 2.32. The first-order valence-electron chi connectivity index (χ1n) is 4.89. The lowest BCUT2D eigenvalue weighted by Crippen LogP contribution is -2.18. The number of benzene rings is 1. The smallest absolute Gasteiger partial charge is 0.0991 e. The number of aromatic nitrogens is 2. The molecule has 2 rings (SSSR count). The number of para-hydroxylation sites is 1. The van der Waals surface area contributed by atoms with Gasteiger partial charge in [0.25, 0.3) is 0 Å². The Hall–Kier alpha value is -1.61. The molecule has 0 aliphatic rings. The first kappa shape index (κ1) is 9.93. The Balaban J connectivity index is 2.58. The second-order valence-electron chi connectivity index (χ2n) is 4.05. The third kappa shape index (κ3) is 1.92. The molecule has 0 radical (unpaired) electrons. The Morgan fingerprint density at radius 1 is 1.27 bits per heavy atom. The molecule has 15 heavy (non-hydrogen) atoms. The van der Waals surface area contributed by atoms with Crippen LogP contribution in [0.3, 0.4) is 0 Å². The van der Waals surface area contributed by atoms with Gasteiger partial charge in [0.1, 0.15) is 0 Å². The van der Waals surface area contributed by atoms with Crippen LogP contribution >= 0.6 is 0 Å². The summed E-state index contributed by atoms with van der Waals surface area (Å²) in [6, 6.07) is 7.77. The highest BCUT2D eigenvalue weighted by Gasteiger charge is 2.19. The molecule has 0 saturated carbocycles. The average molecular weight is 202 g/mol. The second kappa shape index (κ2) is 3.51. The van der Waals surface area contributed by atoms with Crippen LogP contribution in [0.4, 0.5) is 0 Å². The van der Waals surface area contributed by atoms with Crippen molar-refractivity contribution in [2.75, 3.05) is 0 Å². The van der Waals surface area contributed by atoms with Gasteiger partial charge in [0, 0.05) is 18.0 Å². The first-order valence-corrected chi connectivity index (χ1v) is 4.89. The Morgan fingerprint density at radius 3 is 2.60 bits per heavy atom. The normalized spacial score (nSPS) is 11.7. The van der Waals surface area contributed by atoms with Crippen LogP contribution in [-0.4, -0.2) is 14.7 Å². The van der Waals surface area contributed by atoms with E-state index in [0.717, 1.165) is 11.3 Å². The third-order valence-electron chi connectivity index (χ3n) is 2.35. The minimum Gasteiger partial charge on any atom is -0.386 e. The minimum atomic E-state index is -0.846. The van der Waals surface area contributed by atoms with Gasteiger partial charge in [-0.2, -0.15) is 0 Å². The molecule has 3 heteroatoms. The Morgan fingerprint density at radius 2 is 2.00 bits per heavy atom. The van der Waals surface area contributed by atoms with E-state index in [1.165, 1.54) is 0 Å². The van der Waals surface area contributed by atoms with E-state index in [1.54, 1.807) is 26.4 Å². The molecule has 0 bridgehead atoms. The molecule has 1 N–H and O–H groups in total. The number of hydrogen-bond donors (Lipinski definition) is 1. The van der Waals surface area contributed by atoms with E-state index in [2.05, 4.69) is 4.98 Å². The van der Waals surface area contributed by atoms with Crippen molar-refractivity contribution in [3.63, 3.8) is 0 Å². The monoisotopic (exact) mass is 202 g/mol. The maximum Gasteiger partial charge on any atom is 0.0991 e. The van der Waals surface area contributed by atoms with Crippen LogP contribution < -0.4 is 0 Å². The number of imidazole rings is 1. The van der Waals surface area contributed by atoms with Crippen molar-refractivity contribution in [3.8, 4) is 5.69 Å². The van der Waals surface area contributed by atoms with Crippen molar-refractivity contribution in [1.29, 1.82) is 0 Å². The van der Waals surface area contributed by atoms with E-state index >= 15 is 0 Å². The summed E-state index contributed by atoms with van der Waals surface area (Å²) in [4.78, 5) is 4.00. The van der Waals surface area contributed by atoms with E-state index in [1.807, 2.05) is 35.0 Å². The van der Waals surface area contributed by atoms with Gasteiger partial charge in [0.05, 0.1) is 17.6 Å². The predicted molar refractivity (Wildman–Crippen MR) is 58.8 cm³/mol. The van der Waals surface area contributed by atoms with Crippen LogP contribution in [0.15, 0.2) is 43.0 Å². The van der Waals surface area contributed by atoms with Crippen LogP contribution in [0, 0.1) is 0 Å². The van der Waals surface area contributed by atoms with Crippen LogP contribution in [0.2, 0.25) is 0 Å². The lowest BCUT2D eigenvalue weighted by Gasteiger charge is -2.21. The molecule has 0 atom stereocenters. The quantitative estimate of drug-likeness (QED) is 0.809. The highest BCUT2D eigenvalue weighted by molar-refractivity contribution is 5.43. The molecular weight excluding hydrogens is 188 g/mol. The fourth-order valence-electron chi connectivity index (χ4n) is 1.62. The summed E-state index contributed by atoms with van der Waals surface area (Å²) in [5, 5.41) is 10.0. The lowest BCUT2D eigenvalue weighted by atomic mass is 9.96. The van der Waals surface area contributed by atoms with Gasteiger partial charge in [-0.3, -0.25) is 0 Å². The summed E-state index contributed by atoms with van der Waals surface area (Å²) in [6.07, 6.45) is 5.32. The van der Waals surface area contributed by atoms with E-state index in [-0.39, 0.29) is 0 Å². The zero-order chi connectivity index (χ0) is 10.9. The van der Waals surface area contributed by atoms with Crippen molar-refractivity contribution in [1.82, 2.24) is 9.55 Å². The number of aliphatic hydroxyl groups is 1. The third-order valence-corrected chi connectivity index (χ3v) is 2.35. The summed E-state index contributed by atoms with van der Waals surface area (Å²) in [5.74, 6) is 0. The van der Waals surface area contributed by atoms with Crippen molar-refractivity contribution >= 4 is 0 Å². The summed E-state index contributed by atoms with van der Waals surface area (Å²) >= 11 is 0. The summed E-state index contributed by atoms with van der Waals surface area (Å²) < 4.78 is 1.90. The molecule has 2 aromatic rings. The van der Waals surface area contributed by atoms with Gasteiger partial charge in [0.15, 0.2) is 0 Å². The van der Waals surface area contributed by atoms with Crippen molar-refractivity contribution < 1.29 is 5.11 Å². The zero-order valence-electron chi connectivity index (χ0n) is 8.88. The van der Waals surface area contributed by atoms with Gasteiger partial charge in [0.2, 0.25) is 0 Å². The van der Waals surface area contributed by atoms with Gasteiger partial charge in [-0.25, -0.2) is 4.98 Å². The van der Waals surface area contributed by atoms with Crippen molar-refractivity contribution in [3.05, 3.63) is 48.5 Å². The van der Waals surface area contributed by atoms with E-state index < -0.39 is 5.60 Å². The maximum atomic E-state index is 10.0. The molecule has 1 aromatic heterocycles. The highest BCUT2D eigenvalue weighted by Crippen LogP contribution is 2.25. The SMILES string of the molecule is CC(C)(O)c1ccccc1-n1ccnc1. The van der Waals surface area contributed by atoms with Crippen LogP contribution in [-0.2, 0) is 5.60 Å². The maximum absolute atomic E-state index is 10.0. The average Bonchev–Trinajstić information content (AvgIpc) is 2.69. The minimum absolute atomic E-state index is 0.846. The van der Waals surface area contributed by atoms with Gasteiger partial charge in [-0.15, -0.1) is 0 Å². The molecule has 0 aliphatic heterocycles. The highest BCUT2D eigenvalue weighted by atomic mass is 16.3. The van der Waals surface area contributed by atoms with Crippen molar-refractivity contribution in [2.24, 2.45) is 0 Å². The molecule has 0 aliphatic carbocycles. The van der Waals surface area contributed by atoms with Crippen LogP contribution in [0.5, 0.6) is 0 Å². The molecule has 3 nitrogen and oxygen atoms in total. The first-order chi connectivity index (χ1) is 7.09. The van der Waals surface area contributed by atoms with Crippen molar-refractivity contribution in [2.45, 2.75) is 19.4 Å². The van der Waals surface area contributed by atoms with Gasteiger partial charge >= 0.3 is 0 Å². The summed E-state index contributed by atoms with van der Waals surface area (Å²) in [5.41, 5.74) is 1.01. The summed E-state index contributed by atoms with van der Waals surface area (Å²) in [6.45, 7) is 3.56. The molecule has 0 spiro atoms. The van der Waals surface area contributed by atoms with Gasteiger partial charge in [-0.05, 0) is 19.9 Å². The zero-order valence-corrected chi connectivity index (χ0v) is 8.88. The second-order valence-corrected chi connectivity index (χ2v) is 4.05. The predicted octanol–water partition coefficient (Wildman–Crippen LogP) is 2.10. The Bertz CT molecular complexity index is 441. The fraction of sp³-hybridized carbons (Fsp3) is 0.250. The van der Waals surface area contributed by atoms with Crippen LogP contribution in [0.25, 0.3) is 5.69 Å². The number of nitrogens with zero attached hydrogens (tertiary/aromatic N) is 2. The molecule has 0 saturated heterocycles. The number of hydrogen-bond acceptors (Lipinski definition) is 2. The van der Waals surface area contributed by atoms with Gasteiger partial charge < -0.3 is 9.67 Å². The van der Waals surface area contributed by atoms with E-state index in [4.69, 9.17) is 0 Å². The van der Waals surface area contributed by atoms with Gasteiger partial charge in [-0.1, -0.05) is 18.2 Å². The van der Waals surface area contributed by atoms with E-state index in [9.17, 15) is 5.11 Å². The molecule has 0 unspecified atom stereocenters. The lowest BCUT2D eigenvalue weighted by molar-refractivity contribution is 0.0785. The molecule has 0 fully saturated rings. The largest absolute Gasteiger partial charge is 0.386 e. The topological polar surface area (TPSA) is 38.0 Å². The molecule has 1 aromatic carbocycles. The van der Waals surface area contributed by atoms with E-state index in [0.29, 0.717) is 0 Å². The standard InChI is InChI=1S/C12H14N2O/c1-12(2,15)10-5-3-4-6-11(10)14-8-7-13-9-14/h3-9,15H,1-2H3. The Labute approximate surface area is 89.0 Å². The molecular formula is C12H14N2O. The summed E-state index contributed by atoms with van der Waals surface area (Å²) in [7, 11) is 0.